The predicted octanol–water partition coefficient (Wildman–Crippen LogP) is 3.31. The number of phosphoric ester groups is 1. The van der Waals surface area contributed by atoms with Crippen LogP contribution in [-0.2, 0) is 47.2 Å². The van der Waals surface area contributed by atoms with E-state index in [0.717, 1.165) is 34.1 Å². The summed E-state index contributed by atoms with van der Waals surface area (Å²) in [4.78, 5) is 61.2. The molecular formula is C30H33F2N7O14P2S. The highest BCUT2D eigenvalue weighted by Gasteiger charge is 2.55. The van der Waals surface area contributed by atoms with Gasteiger partial charge in [0.1, 0.15) is 42.0 Å². The number of hydrogen-bond acceptors (Lipinski definition) is 18. The number of rotatable bonds is 7. The summed E-state index contributed by atoms with van der Waals surface area (Å²) in [5, 5.41) is 0. The zero-order valence-electron chi connectivity index (χ0n) is 29.1. The van der Waals surface area contributed by atoms with Crippen molar-refractivity contribution in [3.05, 3.63) is 75.6 Å². The van der Waals surface area contributed by atoms with Gasteiger partial charge in [0.15, 0.2) is 36.3 Å². The van der Waals surface area contributed by atoms with E-state index in [1.165, 1.54) is 24.3 Å². The normalized spacial score (nSPS) is 32.3. The second kappa shape index (κ2) is 16.0. The Morgan fingerprint density at radius 1 is 1.00 bits per heavy atom. The Bertz CT molecular complexity index is 2300. The number of hydrogen-bond donors (Lipinski definition) is 3. The number of halogens is 2. The summed E-state index contributed by atoms with van der Waals surface area (Å²) in [5.74, 6) is -0.0200. The molecular weight excluding hydrogens is 814 g/mol. The number of carbonyl (C=O) groups is 1. The molecule has 4 aromatic rings. The zero-order chi connectivity index (χ0) is 39.9. The largest absolute Gasteiger partial charge is 0.514 e. The van der Waals surface area contributed by atoms with Gasteiger partial charge in [-0.05, 0) is 42.9 Å². The monoisotopic (exact) mass is 847 g/mol. The first-order valence-electron chi connectivity index (χ1n) is 16.6. The Labute approximate surface area is 317 Å². The number of nitrogens with two attached hydrogens (primary N) is 1. The van der Waals surface area contributed by atoms with Gasteiger partial charge < -0.3 is 29.6 Å². The van der Waals surface area contributed by atoms with Crippen LogP contribution >= 0.6 is 26.0 Å². The third kappa shape index (κ3) is 8.59. The molecule has 7 rings (SSSR count). The van der Waals surface area contributed by atoms with Crippen LogP contribution in [0.4, 0.5) is 19.4 Å². The molecule has 0 amide bonds. The number of carbonyl (C=O) groups excluding carboxylic acids is 1. The molecule has 3 aromatic heterocycles. The van der Waals surface area contributed by atoms with Crippen molar-refractivity contribution >= 4 is 49.1 Å². The van der Waals surface area contributed by atoms with Gasteiger partial charge in [-0.2, -0.15) is 0 Å². The summed E-state index contributed by atoms with van der Waals surface area (Å²) in [5.41, 5.74) is 4.69. The number of nitrogens with one attached hydrogen (secondary N) is 1. The smallest absolute Gasteiger partial charge is 0.431 e. The minimum Gasteiger partial charge on any atom is -0.431 e. The first kappa shape index (κ1) is 40.1. The van der Waals surface area contributed by atoms with E-state index in [0.29, 0.717) is 16.9 Å². The molecule has 2 bridgehead atoms. The maximum absolute atomic E-state index is 16.3. The van der Waals surface area contributed by atoms with Crippen LogP contribution in [0.3, 0.4) is 0 Å². The van der Waals surface area contributed by atoms with Gasteiger partial charge in [-0.1, -0.05) is 12.1 Å². The van der Waals surface area contributed by atoms with Crippen LogP contribution in [0.15, 0.2) is 58.8 Å². The van der Waals surface area contributed by atoms with E-state index < -0.39 is 101 Å². The molecule has 3 aliphatic rings. The summed E-state index contributed by atoms with van der Waals surface area (Å²) in [7, 11) is -5.25. The molecule has 3 saturated heterocycles. The van der Waals surface area contributed by atoms with E-state index in [2.05, 4.69) is 15.0 Å². The third-order valence-corrected chi connectivity index (χ3v) is 13.1. The highest BCUT2D eigenvalue weighted by Crippen LogP contribution is 2.65. The highest BCUT2D eigenvalue weighted by molar-refractivity contribution is 8.54. The van der Waals surface area contributed by atoms with Gasteiger partial charge in [0.2, 0.25) is 0 Å². The van der Waals surface area contributed by atoms with Gasteiger partial charge in [-0.3, -0.25) is 37.0 Å². The maximum Gasteiger partial charge on any atom is 0.514 e. The first-order chi connectivity index (χ1) is 26.6. The average Bonchev–Trinajstić information content (AvgIpc) is 3.79. The molecule has 302 valence electrons. The Kier molecular flexibility index (Phi) is 11.5. The topological polar surface area (TPSA) is 270 Å². The van der Waals surface area contributed by atoms with E-state index in [1.807, 2.05) is 4.98 Å². The number of fused-ring (bicyclic) bond motifs is 4. The molecule has 1 aromatic carbocycles. The number of alkyl halides is 2. The van der Waals surface area contributed by atoms with Crippen molar-refractivity contribution < 1.29 is 64.6 Å². The molecule has 0 saturated carbocycles. The molecule has 10 atom stereocenters. The summed E-state index contributed by atoms with van der Waals surface area (Å²) in [6, 6.07) is 6.87. The van der Waals surface area contributed by atoms with E-state index in [4.69, 9.17) is 42.8 Å². The quantitative estimate of drug-likeness (QED) is 0.137. The van der Waals surface area contributed by atoms with Crippen molar-refractivity contribution in [2.24, 2.45) is 0 Å². The van der Waals surface area contributed by atoms with Gasteiger partial charge in [-0.15, -0.1) is 0 Å². The number of ether oxygens (including phenoxy) is 4. The van der Waals surface area contributed by atoms with E-state index in [-0.39, 0.29) is 28.5 Å². The number of imidazole rings is 1. The Hall–Kier alpha value is -4.09. The number of aromatic nitrogens is 6. The number of H-pyrrole nitrogens is 1. The number of nitrogens with zero attached hydrogens (tertiary/aromatic N) is 5. The van der Waals surface area contributed by atoms with Crippen LogP contribution in [0.1, 0.15) is 31.9 Å². The summed E-state index contributed by atoms with van der Waals surface area (Å²) in [6.45, 7) is -3.21. The summed E-state index contributed by atoms with van der Waals surface area (Å²) in [6.07, 6.45) is -13.2. The van der Waals surface area contributed by atoms with Crippen molar-refractivity contribution in [3.8, 4) is 5.75 Å². The minimum atomic E-state index is -5.25. The zero-order valence-corrected chi connectivity index (χ0v) is 31.7. The average molecular weight is 848 g/mol. The molecule has 3 aliphatic heterocycles. The Balaban J connectivity index is 1.20. The minimum absolute atomic E-state index is 0.0195. The number of phosphoric acid groups is 1. The second-order valence-electron chi connectivity index (χ2n) is 12.7. The van der Waals surface area contributed by atoms with Crippen LogP contribution in [0, 0.1) is 0 Å². The third-order valence-electron chi connectivity index (χ3n) is 8.47. The van der Waals surface area contributed by atoms with Crippen molar-refractivity contribution in [1.29, 1.82) is 0 Å². The molecule has 4 N–H and O–H groups in total. The van der Waals surface area contributed by atoms with Crippen molar-refractivity contribution in [2.75, 3.05) is 18.9 Å². The Morgan fingerprint density at radius 3 is 2.46 bits per heavy atom. The molecule has 26 heteroatoms. The van der Waals surface area contributed by atoms with E-state index in [9.17, 15) is 28.4 Å². The van der Waals surface area contributed by atoms with E-state index in [1.54, 1.807) is 13.8 Å². The SMILES string of the molecule is CC(C)OC(=O)Oc1ccc(CSP2(=O)OC[C@H]3O[C@@H](n4cnc5c(N)ncnc54)[C@H](F)[C@@H]3OP(=O)(O)OC[C@H]3O[C@@H](n4ccc(=O)[nH]c4=O)[C@H](O2)[C@@H]3F)cc1. The fourth-order valence-electron chi connectivity index (χ4n) is 5.91. The van der Waals surface area contributed by atoms with Crippen molar-refractivity contribution in [3.63, 3.8) is 0 Å². The molecule has 56 heavy (non-hydrogen) atoms. The van der Waals surface area contributed by atoms with Gasteiger partial charge in [0, 0.05) is 18.0 Å². The number of aromatic amines is 1. The number of benzene rings is 1. The Morgan fingerprint density at radius 2 is 1.73 bits per heavy atom. The van der Waals surface area contributed by atoms with Gasteiger partial charge in [-0.25, -0.2) is 42.5 Å². The number of nitrogen functional groups attached to an aromatic ring is 1. The lowest BCUT2D eigenvalue weighted by atomic mass is 10.1. The molecule has 3 fully saturated rings. The lowest BCUT2D eigenvalue weighted by Crippen LogP contribution is -2.37. The molecule has 21 nitrogen and oxygen atoms in total. The lowest BCUT2D eigenvalue weighted by Gasteiger charge is -2.27. The van der Waals surface area contributed by atoms with Crippen LogP contribution in [0.25, 0.3) is 11.2 Å². The lowest BCUT2D eigenvalue weighted by molar-refractivity contribution is -0.0635. The first-order valence-corrected chi connectivity index (χ1v) is 21.3. The molecule has 0 aliphatic carbocycles. The summed E-state index contributed by atoms with van der Waals surface area (Å²) >= 11 is 0.557. The fourth-order valence-corrected chi connectivity index (χ4v) is 10.2. The second-order valence-corrected chi connectivity index (χ2v) is 18.1. The number of anilines is 1. The molecule has 0 spiro atoms. The highest BCUT2D eigenvalue weighted by atomic mass is 32.7. The van der Waals surface area contributed by atoms with Crippen LogP contribution in [0.2, 0.25) is 0 Å². The maximum atomic E-state index is 16.3. The molecule has 2 unspecified atom stereocenters. The molecule has 6 heterocycles. The van der Waals surface area contributed by atoms with Gasteiger partial charge in [0.05, 0.1) is 25.6 Å². The van der Waals surface area contributed by atoms with Gasteiger partial charge >= 0.3 is 26.5 Å². The fraction of sp³-hybridized carbons (Fsp3) is 0.467. The summed E-state index contributed by atoms with van der Waals surface area (Å²) < 4.78 is 106. The van der Waals surface area contributed by atoms with Crippen LogP contribution in [-0.4, -0.2) is 96.2 Å². The molecule has 0 radical (unpaired) electrons. The van der Waals surface area contributed by atoms with Crippen LogP contribution < -0.4 is 21.7 Å². The van der Waals surface area contributed by atoms with Crippen LogP contribution in [0.5, 0.6) is 5.75 Å². The van der Waals surface area contributed by atoms with Crippen molar-refractivity contribution in [1.82, 2.24) is 29.1 Å². The predicted molar refractivity (Wildman–Crippen MR) is 188 cm³/mol. The standard InChI is InChI=1S/C30H33F2N7O14P2S/c1-14(2)48-30(42)49-16-5-3-15(4-6-16)11-56-55(45)47-10-18-23(21(32)27(51-18)39-13-36-22-25(33)34-12-35-26(22)39)52-54(43,44)46-9-17-20(31)24(53-55)28(50-17)38-8-7-19(40)37-29(38)41/h3-8,12-14,17-18,20-21,23-24,27-28H,9-11H2,1-2H3,(H,43,44)(H2,33,34,35)(H,37,40,41)/t17-,18-,20-,21-,23-,24-,27-,28-,55?/m1/s1. The van der Waals surface area contributed by atoms with E-state index >= 15 is 8.78 Å². The van der Waals surface area contributed by atoms with Crippen molar-refractivity contribution in [2.45, 2.75) is 74.9 Å². The van der Waals surface area contributed by atoms with Gasteiger partial charge in [0.25, 0.3) is 5.56 Å².